The van der Waals surface area contributed by atoms with Crippen LogP contribution in [0.25, 0.3) is 16.7 Å². The van der Waals surface area contributed by atoms with E-state index in [0.717, 1.165) is 34.7 Å². The van der Waals surface area contributed by atoms with E-state index < -0.39 is 0 Å². The third-order valence-electron chi connectivity index (χ3n) is 5.31. The molecular weight excluding hydrogens is 404 g/mol. The fraction of sp³-hybridized carbons (Fsp3) is 0.240. The molecule has 164 valence electrons. The second-order valence-electron chi connectivity index (χ2n) is 7.66. The fourth-order valence-electron chi connectivity index (χ4n) is 3.23. The molecule has 32 heavy (non-hydrogen) atoms. The highest BCUT2D eigenvalue weighted by Crippen LogP contribution is 2.24. The number of hydrogen-bond acceptors (Lipinski definition) is 5. The van der Waals surface area contributed by atoms with Gasteiger partial charge in [0.1, 0.15) is 22.5 Å². The van der Waals surface area contributed by atoms with Crippen LogP contribution in [0, 0.1) is 6.92 Å². The third kappa shape index (κ3) is 4.56. The number of rotatable bonds is 7. The van der Waals surface area contributed by atoms with Crippen LogP contribution < -0.4 is 14.8 Å². The van der Waals surface area contributed by atoms with E-state index in [0.29, 0.717) is 16.8 Å². The summed E-state index contributed by atoms with van der Waals surface area (Å²) in [5, 5.41) is 12.1. The van der Waals surface area contributed by atoms with Gasteiger partial charge in [0.25, 0.3) is 5.91 Å². The van der Waals surface area contributed by atoms with Crippen LogP contribution in [0.4, 0.5) is 5.69 Å². The predicted octanol–water partition coefficient (Wildman–Crippen LogP) is 5.17. The first-order valence-corrected chi connectivity index (χ1v) is 10.6. The van der Waals surface area contributed by atoms with Crippen molar-refractivity contribution in [3.63, 3.8) is 0 Å². The summed E-state index contributed by atoms with van der Waals surface area (Å²) in [5.74, 6) is 1.33. The van der Waals surface area contributed by atoms with Crippen molar-refractivity contribution in [1.82, 2.24) is 15.0 Å². The van der Waals surface area contributed by atoms with E-state index in [1.165, 1.54) is 0 Å². The summed E-state index contributed by atoms with van der Waals surface area (Å²) in [7, 11) is 1.63. The first kappa shape index (κ1) is 21.4. The van der Waals surface area contributed by atoms with E-state index in [2.05, 4.69) is 22.4 Å². The monoisotopic (exact) mass is 430 g/mol. The lowest BCUT2D eigenvalue weighted by Gasteiger charge is -2.13. The molecule has 0 saturated carbocycles. The third-order valence-corrected chi connectivity index (χ3v) is 5.31. The van der Waals surface area contributed by atoms with Crippen LogP contribution in [-0.2, 0) is 0 Å². The Hall–Kier alpha value is -3.87. The lowest BCUT2D eigenvalue weighted by Crippen LogP contribution is -2.13. The molecular formula is C25H26N4O3. The molecule has 4 aromatic rings. The molecule has 0 aliphatic carbocycles. The van der Waals surface area contributed by atoms with Crippen molar-refractivity contribution in [3.05, 3.63) is 71.8 Å². The van der Waals surface area contributed by atoms with Gasteiger partial charge in [-0.1, -0.05) is 6.92 Å². The SMILES string of the molecule is CC[C@H](C)Oc1ccc(C(=O)Nc2cc3nn(-c4ccc(OC)cc4)nc3cc2C)cc1. The number of ether oxygens (including phenoxy) is 2. The number of methoxy groups -OCH3 is 1. The highest BCUT2D eigenvalue weighted by Gasteiger charge is 2.12. The van der Waals surface area contributed by atoms with Crippen molar-refractivity contribution < 1.29 is 14.3 Å². The topological polar surface area (TPSA) is 78.3 Å². The number of aryl methyl sites for hydroxylation is 1. The minimum Gasteiger partial charge on any atom is -0.497 e. The smallest absolute Gasteiger partial charge is 0.255 e. The minimum absolute atomic E-state index is 0.135. The number of hydrogen-bond donors (Lipinski definition) is 1. The van der Waals surface area contributed by atoms with Crippen molar-refractivity contribution in [1.29, 1.82) is 0 Å². The fourth-order valence-corrected chi connectivity index (χ4v) is 3.23. The molecule has 0 fully saturated rings. The molecule has 0 radical (unpaired) electrons. The van der Waals surface area contributed by atoms with Gasteiger partial charge in [-0.25, -0.2) is 0 Å². The number of amides is 1. The quantitative estimate of drug-likeness (QED) is 0.438. The first-order chi connectivity index (χ1) is 15.5. The number of aromatic nitrogens is 3. The van der Waals surface area contributed by atoms with Gasteiger partial charge in [-0.15, -0.1) is 10.2 Å². The summed E-state index contributed by atoms with van der Waals surface area (Å²) >= 11 is 0. The zero-order chi connectivity index (χ0) is 22.7. The molecule has 7 heteroatoms. The predicted molar refractivity (Wildman–Crippen MR) is 125 cm³/mol. The maximum absolute atomic E-state index is 12.8. The summed E-state index contributed by atoms with van der Waals surface area (Å²) in [6, 6.07) is 18.4. The van der Waals surface area contributed by atoms with Crippen molar-refractivity contribution in [3.8, 4) is 17.2 Å². The Morgan fingerprint density at radius 3 is 2.25 bits per heavy atom. The number of carbonyl (C=O) groups excluding carboxylic acids is 1. The molecule has 3 aromatic carbocycles. The zero-order valence-electron chi connectivity index (χ0n) is 18.6. The Bertz CT molecular complexity index is 1230. The zero-order valence-corrected chi connectivity index (χ0v) is 18.6. The molecule has 4 rings (SSSR count). The van der Waals surface area contributed by atoms with Crippen LogP contribution in [0.1, 0.15) is 36.2 Å². The van der Waals surface area contributed by atoms with E-state index in [1.54, 1.807) is 24.0 Å². The Morgan fingerprint density at radius 2 is 1.62 bits per heavy atom. The number of fused-ring (bicyclic) bond motifs is 1. The standard InChI is InChI=1S/C25H26N4O3/c1-5-17(3)32-21-10-6-18(7-11-21)25(30)26-22-15-24-23(14-16(22)2)27-29(28-24)19-8-12-20(31-4)13-9-19/h6-15,17H,5H2,1-4H3,(H,26,30)/t17-/m0/s1. The second-order valence-corrected chi connectivity index (χ2v) is 7.66. The number of carbonyl (C=O) groups is 1. The summed E-state index contributed by atoms with van der Waals surface area (Å²) in [5.41, 5.74) is 4.43. The second kappa shape index (κ2) is 9.09. The minimum atomic E-state index is -0.190. The van der Waals surface area contributed by atoms with E-state index >= 15 is 0 Å². The Balaban J connectivity index is 1.53. The van der Waals surface area contributed by atoms with Crippen LogP contribution >= 0.6 is 0 Å². The maximum atomic E-state index is 12.8. The molecule has 1 heterocycles. The molecule has 0 saturated heterocycles. The van der Waals surface area contributed by atoms with E-state index in [-0.39, 0.29) is 12.0 Å². The lowest BCUT2D eigenvalue weighted by atomic mass is 10.1. The van der Waals surface area contributed by atoms with Crippen LogP contribution in [0.3, 0.4) is 0 Å². The van der Waals surface area contributed by atoms with Gasteiger partial charge in [-0.2, -0.15) is 4.80 Å². The largest absolute Gasteiger partial charge is 0.497 e. The molecule has 0 unspecified atom stereocenters. The molecule has 0 bridgehead atoms. The van der Waals surface area contributed by atoms with Crippen molar-refractivity contribution in [2.24, 2.45) is 0 Å². The van der Waals surface area contributed by atoms with Crippen LogP contribution in [-0.4, -0.2) is 34.1 Å². The molecule has 0 aliphatic heterocycles. The molecule has 1 N–H and O–H groups in total. The van der Waals surface area contributed by atoms with E-state index in [1.807, 2.05) is 62.4 Å². The Kier molecular flexibility index (Phi) is 6.07. The molecule has 1 atom stereocenters. The van der Waals surface area contributed by atoms with Gasteiger partial charge in [0.2, 0.25) is 0 Å². The Labute approximate surface area is 187 Å². The highest BCUT2D eigenvalue weighted by atomic mass is 16.5. The molecule has 1 aromatic heterocycles. The maximum Gasteiger partial charge on any atom is 0.255 e. The van der Waals surface area contributed by atoms with Gasteiger partial charge in [-0.05, 0) is 86.5 Å². The molecule has 1 amide bonds. The van der Waals surface area contributed by atoms with Crippen molar-refractivity contribution in [2.45, 2.75) is 33.3 Å². The van der Waals surface area contributed by atoms with Crippen molar-refractivity contribution >= 4 is 22.6 Å². The number of nitrogens with zero attached hydrogens (tertiary/aromatic N) is 3. The van der Waals surface area contributed by atoms with Crippen LogP contribution in [0.2, 0.25) is 0 Å². The van der Waals surface area contributed by atoms with E-state index in [9.17, 15) is 4.79 Å². The first-order valence-electron chi connectivity index (χ1n) is 10.6. The summed E-state index contributed by atoms with van der Waals surface area (Å²) in [6.45, 7) is 6.02. The van der Waals surface area contributed by atoms with Gasteiger partial charge < -0.3 is 14.8 Å². The van der Waals surface area contributed by atoms with Gasteiger partial charge >= 0.3 is 0 Å². The van der Waals surface area contributed by atoms with Crippen LogP contribution in [0.15, 0.2) is 60.7 Å². The van der Waals surface area contributed by atoms with Gasteiger partial charge in [0.15, 0.2) is 0 Å². The van der Waals surface area contributed by atoms with Crippen molar-refractivity contribution in [2.75, 3.05) is 12.4 Å². The highest BCUT2D eigenvalue weighted by molar-refractivity contribution is 6.05. The molecule has 0 spiro atoms. The summed E-state index contributed by atoms with van der Waals surface area (Å²) in [6.07, 6.45) is 1.06. The molecule has 0 aliphatic rings. The summed E-state index contributed by atoms with van der Waals surface area (Å²) < 4.78 is 11.0. The number of anilines is 1. The number of benzene rings is 3. The van der Waals surface area contributed by atoms with Gasteiger partial charge in [-0.3, -0.25) is 4.79 Å². The normalized spacial score (nSPS) is 11.9. The van der Waals surface area contributed by atoms with E-state index in [4.69, 9.17) is 9.47 Å². The Morgan fingerprint density at radius 1 is 1.00 bits per heavy atom. The van der Waals surface area contributed by atoms with Gasteiger partial charge in [0.05, 0.1) is 18.9 Å². The number of nitrogens with one attached hydrogen (secondary N) is 1. The van der Waals surface area contributed by atoms with Gasteiger partial charge in [0, 0.05) is 11.3 Å². The lowest BCUT2D eigenvalue weighted by molar-refractivity contribution is 0.102. The van der Waals surface area contributed by atoms with Crippen LogP contribution in [0.5, 0.6) is 11.5 Å². The molecule has 7 nitrogen and oxygen atoms in total. The average molecular weight is 431 g/mol. The average Bonchev–Trinajstić information content (AvgIpc) is 3.22. The summed E-state index contributed by atoms with van der Waals surface area (Å²) in [4.78, 5) is 14.3.